The van der Waals surface area contributed by atoms with Crippen molar-refractivity contribution in [2.24, 2.45) is 0 Å². The van der Waals surface area contributed by atoms with E-state index in [0.29, 0.717) is 6.04 Å². The number of benzene rings is 1. The Balaban J connectivity index is 2.55. The molecule has 0 aliphatic carbocycles. The normalized spacial score (nSPS) is 12.9. The molecule has 14 heavy (non-hydrogen) atoms. The Morgan fingerprint density at radius 3 is 2.71 bits per heavy atom. The fraction of sp³-hybridized carbons (Fsp3) is 0.500. The summed E-state index contributed by atoms with van der Waals surface area (Å²) >= 11 is 3.50. The average molecular weight is 256 g/mol. The average Bonchev–Trinajstić information content (AvgIpc) is 2.19. The van der Waals surface area contributed by atoms with Gasteiger partial charge in [0.15, 0.2) is 0 Å². The second-order valence-corrected chi connectivity index (χ2v) is 4.63. The van der Waals surface area contributed by atoms with Crippen LogP contribution in [0.1, 0.15) is 31.4 Å². The first-order valence-corrected chi connectivity index (χ1v) is 5.91. The maximum Gasteiger partial charge on any atom is 0.0208 e. The molecule has 0 fully saturated rings. The minimum atomic E-state index is 0.596. The monoisotopic (exact) mass is 255 g/mol. The second kappa shape index (κ2) is 5.52. The van der Waals surface area contributed by atoms with E-state index in [0.717, 1.165) is 6.54 Å². The fourth-order valence-corrected chi connectivity index (χ4v) is 1.50. The first-order valence-electron chi connectivity index (χ1n) is 5.12. The van der Waals surface area contributed by atoms with E-state index in [1.807, 2.05) is 0 Å². The molecule has 1 nitrogen and oxygen atoms in total. The van der Waals surface area contributed by atoms with E-state index in [2.05, 4.69) is 60.2 Å². The van der Waals surface area contributed by atoms with Crippen LogP contribution in [-0.2, 0) is 6.54 Å². The van der Waals surface area contributed by atoms with Crippen LogP contribution in [0.15, 0.2) is 22.7 Å². The lowest BCUT2D eigenvalue weighted by molar-refractivity contribution is 0.534. The number of halogens is 1. The molecule has 2 heteroatoms. The third kappa shape index (κ3) is 3.43. The summed E-state index contributed by atoms with van der Waals surface area (Å²) in [6.07, 6.45) is 1.18. The van der Waals surface area contributed by atoms with Gasteiger partial charge in [-0.15, -0.1) is 0 Å². The van der Waals surface area contributed by atoms with Gasteiger partial charge < -0.3 is 5.32 Å². The third-order valence-electron chi connectivity index (χ3n) is 2.49. The SMILES string of the molecule is CC[C@@H](C)NCc1ccc(Br)c(C)c1. The van der Waals surface area contributed by atoms with Crippen LogP contribution in [0.25, 0.3) is 0 Å². The summed E-state index contributed by atoms with van der Waals surface area (Å²) in [6, 6.07) is 7.09. The predicted molar refractivity (Wildman–Crippen MR) is 65.5 cm³/mol. The van der Waals surface area contributed by atoms with Crippen molar-refractivity contribution in [3.63, 3.8) is 0 Å². The van der Waals surface area contributed by atoms with Gasteiger partial charge in [-0.3, -0.25) is 0 Å². The van der Waals surface area contributed by atoms with E-state index >= 15 is 0 Å². The van der Waals surface area contributed by atoms with Crippen LogP contribution in [0.5, 0.6) is 0 Å². The molecular formula is C12H18BrN. The van der Waals surface area contributed by atoms with Gasteiger partial charge in [0, 0.05) is 17.1 Å². The van der Waals surface area contributed by atoms with Crippen molar-refractivity contribution < 1.29 is 0 Å². The molecule has 0 radical (unpaired) electrons. The molecule has 0 amide bonds. The Hall–Kier alpha value is -0.340. The van der Waals surface area contributed by atoms with Crippen molar-refractivity contribution in [3.05, 3.63) is 33.8 Å². The Labute approximate surface area is 95.0 Å². The number of aryl methyl sites for hydroxylation is 1. The molecule has 1 rings (SSSR count). The lowest BCUT2D eigenvalue weighted by atomic mass is 10.1. The van der Waals surface area contributed by atoms with Gasteiger partial charge in [-0.1, -0.05) is 35.0 Å². The zero-order chi connectivity index (χ0) is 10.6. The van der Waals surface area contributed by atoms with E-state index in [9.17, 15) is 0 Å². The van der Waals surface area contributed by atoms with Gasteiger partial charge in [0.05, 0.1) is 0 Å². The van der Waals surface area contributed by atoms with Crippen LogP contribution in [0, 0.1) is 6.92 Å². The first kappa shape index (κ1) is 11.7. The van der Waals surface area contributed by atoms with Crippen LogP contribution < -0.4 is 5.32 Å². The Kier molecular flexibility index (Phi) is 4.63. The lowest BCUT2D eigenvalue weighted by Crippen LogP contribution is -2.24. The highest BCUT2D eigenvalue weighted by Crippen LogP contribution is 2.16. The number of rotatable bonds is 4. The summed E-state index contributed by atoms with van der Waals surface area (Å²) in [7, 11) is 0. The molecule has 0 aliphatic rings. The van der Waals surface area contributed by atoms with E-state index in [1.54, 1.807) is 0 Å². The van der Waals surface area contributed by atoms with Crippen LogP contribution in [-0.4, -0.2) is 6.04 Å². The van der Waals surface area contributed by atoms with Crippen molar-refractivity contribution in [2.45, 2.75) is 39.8 Å². The van der Waals surface area contributed by atoms with Gasteiger partial charge in [0.25, 0.3) is 0 Å². The summed E-state index contributed by atoms with van der Waals surface area (Å²) in [5.74, 6) is 0. The van der Waals surface area contributed by atoms with Gasteiger partial charge in [-0.05, 0) is 37.5 Å². The summed E-state index contributed by atoms with van der Waals surface area (Å²) < 4.78 is 1.18. The Morgan fingerprint density at radius 1 is 1.43 bits per heavy atom. The Bertz CT molecular complexity index is 296. The highest BCUT2D eigenvalue weighted by molar-refractivity contribution is 9.10. The molecule has 0 spiro atoms. The van der Waals surface area contributed by atoms with Crippen LogP contribution in [0.2, 0.25) is 0 Å². The second-order valence-electron chi connectivity index (χ2n) is 3.77. The molecular weight excluding hydrogens is 238 g/mol. The van der Waals surface area contributed by atoms with Crippen LogP contribution in [0.4, 0.5) is 0 Å². The number of hydrogen-bond acceptors (Lipinski definition) is 1. The summed E-state index contributed by atoms with van der Waals surface area (Å²) in [6.45, 7) is 7.50. The quantitative estimate of drug-likeness (QED) is 0.867. The number of nitrogens with one attached hydrogen (secondary N) is 1. The van der Waals surface area contributed by atoms with Gasteiger partial charge in [-0.2, -0.15) is 0 Å². The summed E-state index contributed by atoms with van der Waals surface area (Å²) in [4.78, 5) is 0. The van der Waals surface area contributed by atoms with Gasteiger partial charge >= 0.3 is 0 Å². The van der Waals surface area contributed by atoms with Crippen molar-refractivity contribution in [1.29, 1.82) is 0 Å². The first-order chi connectivity index (χ1) is 6.63. The lowest BCUT2D eigenvalue weighted by Gasteiger charge is -2.11. The van der Waals surface area contributed by atoms with Gasteiger partial charge in [-0.25, -0.2) is 0 Å². The fourth-order valence-electron chi connectivity index (χ4n) is 1.25. The van der Waals surface area contributed by atoms with Gasteiger partial charge in [0.1, 0.15) is 0 Å². The smallest absolute Gasteiger partial charge is 0.0208 e. The third-order valence-corrected chi connectivity index (χ3v) is 3.38. The van der Waals surface area contributed by atoms with Crippen LogP contribution in [0.3, 0.4) is 0 Å². The van der Waals surface area contributed by atoms with Crippen molar-refractivity contribution in [2.75, 3.05) is 0 Å². The molecule has 1 aromatic carbocycles. The topological polar surface area (TPSA) is 12.0 Å². The van der Waals surface area contributed by atoms with Crippen molar-refractivity contribution in [3.8, 4) is 0 Å². The largest absolute Gasteiger partial charge is 0.310 e. The molecule has 0 saturated carbocycles. The molecule has 78 valence electrons. The van der Waals surface area contributed by atoms with Crippen molar-refractivity contribution >= 4 is 15.9 Å². The molecule has 1 N–H and O–H groups in total. The molecule has 0 saturated heterocycles. The molecule has 1 atom stereocenters. The van der Waals surface area contributed by atoms with E-state index in [1.165, 1.54) is 22.0 Å². The molecule has 1 aromatic rings. The molecule has 0 unspecified atom stereocenters. The molecule has 0 heterocycles. The van der Waals surface area contributed by atoms with E-state index in [-0.39, 0.29) is 0 Å². The van der Waals surface area contributed by atoms with Gasteiger partial charge in [0.2, 0.25) is 0 Å². The van der Waals surface area contributed by atoms with Crippen LogP contribution >= 0.6 is 15.9 Å². The number of hydrogen-bond donors (Lipinski definition) is 1. The zero-order valence-corrected chi connectivity index (χ0v) is 10.7. The summed E-state index contributed by atoms with van der Waals surface area (Å²) in [5.41, 5.74) is 2.65. The maximum atomic E-state index is 3.50. The minimum absolute atomic E-state index is 0.596. The molecule has 0 aromatic heterocycles. The van der Waals surface area contributed by atoms with Crippen molar-refractivity contribution in [1.82, 2.24) is 5.32 Å². The highest BCUT2D eigenvalue weighted by atomic mass is 79.9. The molecule has 0 bridgehead atoms. The van der Waals surface area contributed by atoms with E-state index < -0.39 is 0 Å². The highest BCUT2D eigenvalue weighted by Gasteiger charge is 1.99. The maximum absolute atomic E-state index is 3.50. The zero-order valence-electron chi connectivity index (χ0n) is 9.10. The minimum Gasteiger partial charge on any atom is -0.310 e. The van der Waals surface area contributed by atoms with E-state index in [4.69, 9.17) is 0 Å². The predicted octanol–water partition coefficient (Wildman–Crippen LogP) is 3.65. The standard InChI is InChI=1S/C12H18BrN/c1-4-10(3)14-8-11-5-6-12(13)9(2)7-11/h5-7,10,14H,4,8H2,1-3H3/t10-/m1/s1. The summed E-state index contributed by atoms with van der Waals surface area (Å²) in [5, 5.41) is 3.48. The Morgan fingerprint density at radius 2 is 2.14 bits per heavy atom. The molecule has 0 aliphatic heterocycles.